The molecule has 0 bridgehead atoms. The number of benzene rings is 2. The minimum atomic E-state index is -4.22. The quantitative estimate of drug-likeness (QED) is 0.271. The van der Waals surface area contributed by atoms with E-state index in [0.717, 1.165) is 18.2 Å². The molecule has 0 aliphatic carbocycles. The Bertz CT molecular complexity index is 1160. The van der Waals surface area contributed by atoms with Crippen LogP contribution >= 0.6 is 0 Å². The highest BCUT2D eigenvalue weighted by Gasteiger charge is 2.18. The first-order valence-electron chi connectivity index (χ1n) is 8.32. The summed E-state index contributed by atoms with van der Waals surface area (Å²) >= 11 is -5.88. The van der Waals surface area contributed by atoms with E-state index in [-0.39, 0.29) is 22.0 Å². The molecule has 0 aliphatic rings. The van der Waals surface area contributed by atoms with Gasteiger partial charge < -0.3 is 25.1 Å². The van der Waals surface area contributed by atoms with Crippen LogP contribution in [-0.2, 0) is 32.6 Å². The Labute approximate surface area is 191 Å². The smallest absolute Gasteiger partial charge is 0.333 e. The Balaban J connectivity index is 2.24. The number of hydrogen-bond acceptors (Lipinski definition) is 9. The van der Waals surface area contributed by atoms with Gasteiger partial charge in [-0.3, -0.25) is 17.9 Å². The van der Waals surface area contributed by atoms with Gasteiger partial charge in [-0.2, -0.15) is 0 Å². The predicted octanol–water partition coefficient (Wildman–Crippen LogP) is 0.0282. The average molecular weight is 519 g/mol. The summed E-state index contributed by atoms with van der Waals surface area (Å²) in [7, 11) is -4.22. The van der Waals surface area contributed by atoms with E-state index in [1.54, 1.807) is 10.8 Å². The van der Waals surface area contributed by atoms with Gasteiger partial charge >= 0.3 is 18.1 Å². The van der Waals surface area contributed by atoms with Gasteiger partial charge in [-0.05, 0) is 30.3 Å². The van der Waals surface area contributed by atoms with Crippen molar-refractivity contribution in [2.75, 3.05) is 16.0 Å². The minimum Gasteiger partial charge on any atom is -0.755 e. The van der Waals surface area contributed by atoms with Crippen molar-refractivity contribution in [1.29, 1.82) is 0 Å². The van der Waals surface area contributed by atoms with E-state index in [1.165, 1.54) is 33.7 Å². The summed E-state index contributed by atoms with van der Waals surface area (Å²) in [4.78, 5) is 35.2. The molecule has 0 aromatic heterocycles. The number of anilines is 3. The molecule has 2 aromatic carbocycles. The molecule has 178 valence electrons. The summed E-state index contributed by atoms with van der Waals surface area (Å²) in [6.07, 6.45) is 0. The monoisotopic (exact) mass is 518 g/mol. The molecular formula is C15H14N6O9S3-2. The average Bonchev–Trinajstić information content (AvgIpc) is 2.66. The second-order valence-electron chi connectivity index (χ2n) is 5.75. The highest BCUT2D eigenvalue weighted by Crippen LogP contribution is 2.23. The number of rotatable bonds is 7. The number of sulfonamides is 1. The Morgan fingerprint density at radius 1 is 0.697 bits per heavy atom. The Hall–Kier alpha value is -3.58. The van der Waals surface area contributed by atoms with E-state index in [1.807, 2.05) is 0 Å². The largest absolute Gasteiger partial charge is 0.755 e. The second kappa shape index (κ2) is 11.3. The molecule has 0 spiro atoms. The van der Waals surface area contributed by atoms with E-state index in [9.17, 15) is 40.3 Å². The highest BCUT2D eigenvalue weighted by molar-refractivity contribution is 7.90. The van der Waals surface area contributed by atoms with Crippen LogP contribution in [0.3, 0.4) is 0 Å². The number of carbonyl (C=O) groups is 3. The van der Waals surface area contributed by atoms with Crippen LogP contribution in [0, 0.1) is 0 Å². The molecule has 2 unspecified atom stereocenters. The lowest BCUT2D eigenvalue weighted by Crippen LogP contribution is -2.34. The van der Waals surface area contributed by atoms with Gasteiger partial charge in [0.2, 0.25) is 0 Å². The molecule has 6 N–H and O–H groups in total. The maximum atomic E-state index is 12.2. The summed E-state index contributed by atoms with van der Waals surface area (Å²) in [5.74, 6) is 0. The molecule has 0 aliphatic heterocycles. The summed E-state index contributed by atoms with van der Waals surface area (Å²) in [6, 6.07) is 6.62. The third-order valence-corrected chi connectivity index (χ3v) is 5.39. The van der Waals surface area contributed by atoms with Crippen molar-refractivity contribution in [1.82, 2.24) is 14.2 Å². The molecule has 0 saturated heterocycles. The first kappa shape index (κ1) is 25.7. The van der Waals surface area contributed by atoms with Crippen molar-refractivity contribution in [3.63, 3.8) is 0 Å². The van der Waals surface area contributed by atoms with Crippen LogP contribution in [0.15, 0.2) is 53.4 Å². The van der Waals surface area contributed by atoms with Crippen molar-refractivity contribution < 1.29 is 40.3 Å². The lowest BCUT2D eigenvalue weighted by atomic mass is 10.2. The highest BCUT2D eigenvalue weighted by atomic mass is 32.2. The molecule has 0 heterocycles. The van der Waals surface area contributed by atoms with Crippen LogP contribution in [0.1, 0.15) is 0 Å². The molecular weight excluding hydrogens is 504 g/mol. The first-order chi connectivity index (χ1) is 15.4. The zero-order valence-corrected chi connectivity index (χ0v) is 18.5. The number of carbonyl (C=O) groups excluding carboxylic acids is 3. The predicted molar refractivity (Wildman–Crippen MR) is 114 cm³/mol. The molecule has 33 heavy (non-hydrogen) atoms. The maximum absolute atomic E-state index is 12.2. The third-order valence-electron chi connectivity index (χ3n) is 3.34. The van der Waals surface area contributed by atoms with E-state index < -0.39 is 50.6 Å². The molecule has 18 heteroatoms. The van der Waals surface area contributed by atoms with E-state index in [0.29, 0.717) is 0 Å². The van der Waals surface area contributed by atoms with Crippen molar-refractivity contribution in [3.8, 4) is 0 Å². The maximum Gasteiger partial charge on any atom is 0.333 e. The van der Waals surface area contributed by atoms with Crippen molar-refractivity contribution in [2.24, 2.45) is 0 Å². The van der Waals surface area contributed by atoms with Gasteiger partial charge in [-0.1, -0.05) is 18.2 Å². The third kappa shape index (κ3) is 8.82. The van der Waals surface area contributed by atoms with Gasteiger partial charge in [-0.15, -0.1) is 0 Å². The summed E-state index contributed by atoms with van der Waals surface area (Å²) in [5.41, 5.74) is -0.504. The van der Waals surface area contributed by atoms with Crippen LogP contribution in [0.25, 0.3) is 0 Å². The van der Waals surface area contributed by atoms with E-state index in [2.05, 4.69) is 16.0 Å². The molecule has 2 rings (SSSR count). The normalized spacial score (nSPS) is 12.5. The minimum absolute atomic E-state index is 0.166. The SMILES string of the molecule is O=C(Nc1cc(NC(=O)NS(=O)[O-])cc(NC(=O)NS(=O)(=O)c2ccccc2)c1)NS(=O)[O-]. The number of amides is 6. The Morgan fingerprint density at radius 2 is 1.09 bits per heavy atom. The molecule has 0 radical (unpaired) electrons. The molecule has 0 fully saturated rings. The van der Waals surface area contributed by atoms with Gasteiger partial charge in [0.05, 0.1) is 4.90 Å². The zero-order chi connectivity index (χ0) is 24.6. The molecule has 0 saturated carbocycles. The topological polar surface area (TPSA) is 238 Å². The summed E-state index contributed by atoms with van der Waals surface area (Å²) in [6.45, 7) is 0. The van der Waals surface area contributed by atoms with Gasteiger partial charge in [-0.25, -0.2) is 27.5 Å². The lowest BCUT2D eigenvalue weighted by Gasteiger charge is -2.15. The van der Waals surface area contributed by atoms with Gasteiger partial charge in [0, 0.05) is 39.6 Å². The van der Waals surface area contributed by atoms with Crippen LogP contribution in [0.4, 0.5) is 31.4 Å². The fourth-order valence-electron chi connectivity index (χ4n) is 2.25. The second-order valence-corrected chi connectivity index (χ2v) is 8.78. The molecule has 2 aromatic rings. The van der Waals surface area contributed by atoms with Crippen LogP contribution in [0.2, 0.25) is 0 Å². The summed E-state index contributed by atoms with van der Waals surface area (Å²) < 4.78 is 71.5. The number of hydrogen-bond donors (Lipinski definition) is 6. The lowest BCUT2D eigenvalue weighted by molar-refractivity contribution is 0.255. The molecule has 6 amide bonds. The fraction of sp³-hybridized carbons (Fsp3) is 0. The van der Waals surface area contributed by atoms with E-state index in [4.69, 9.17) is 0 Å². The molecule has 2 atom stereocenters. The van der Waals surface area contributed by atoms with E-state index >= 15 is 0 Å². The van der Waals surface area contributed by atoms with Crippen molar-refractivity contribution in [3.05, 3.63) is 48.5 Å². The zero-order valence-electron chi connectivity index (χ0n) is 16.0. The standard InChI is InChI=1S/C15H16N6O9S3/c22-13(19-31(25)26)16-9-6-10(17-14(23)20-32(27)28)8-11(7-9)18-15(24)21-33(29,30)12-4-2-1-3-5-12/h1-8H,(H,25,26)(H,27,28)(H2,16,19,22)(H2,17,20,23)(H2,18,21,24)/p-2. The Morgan fingerprint density at radius 3 is 1.48 bits per heavy atom. The summed E-state index contributed by atoms with van der Waals surface area (Å²) in [5, 5.41) is 6.34. The number of nitrogens with one attached hydrogen (secondary N) is 6. The fourth-order valence-corrected chi connectivity index (χ4v) is 3.58. The molecule has 15 nitrogen and oxygen atoms in total. The first-order valence-corrected chi connectivity index (χ1v) is 12.0. The van der Waals surface area contributed by atoms with Gasteiger partial charge in [0.15, 0.2) is 0 Å². The number of urea groups is 3. The van der Waals surface area contributed by atoms with Crippen molar-refractivity contribution in [2.45, 2.75) is 4.90 Å². The van der Waals surface area contributed by atoms with Crippen LogP contribution in [0.5, 0.6) is 0 Å². The van der Waals surface area contributed by atoms with Gasteiger partial charge in [0.1, 0.15) is 0 Å². The Kier molecular flexibility index (Phi) is 8.82. The van der Waals surface area contributed by atoms with Gasteiger partial charge in [0.25, 0.3) is 10.0 Å². The van der Waals surface area contributed by atoms with Crippen LogP contribution < -0.4 is 30.1 Å². The van der Waals surface area contributed by atoms with Crippen LogP contribution in [-0.4, -0.2) is 44.0 Å². The van der Waals surface area contributed by atoms with Crippen molar-refractivity contribution >= 4 is 67.7 Å².